The number of imidazole rings is 1. The summed E-state index contributed by atoms with van der Waals surface area (Å²) >= 11 is 0. The molecule has 0 aliphatic heterocycles. The van der Waals surface area contributed by atoms with Crippen molar-refractivity contribution in [2.24, 2.45) is 0 Å². The molecule has 1 N–H and O–H groups in total. The molecule has 5 nitrogen and oxygen atoms in total. The second kappa shape index (κ2) is 7.17. The molecule has 3 rings (SSSR count). The Morgan fingerprint density at radius 1 is 1.16 bits per heavy atom. The van der Waals surface area contributed by atoms with Crippen molar-refractivity contribution in [1.29, 1.82) is 0 Å². The number of nitrogens with one attached hydrogen (secondary N) is 1. The fraction of sp³-hybridized carbons (Fsp3) is 0.158. The Morgan fingerprint density at radius 2 is 1.84 bits per heavy atom. The lowest BCUT2D eigenvalue weighted by molar-refractivity contribution is 0.102. The molecule has 0 radical (unpaired) electrons. The Labute approximate surface area is 145 Å². The molecule has 1 aromatic heterocycles. The van der Waals surface area contributed by atoms with E-state index in [9.17, 15) is 9.18 Å². The number of halogens is 1. The zero-order valence-corrected chi connectivity index (χ0v) is 14.0. The Morgan fingerprint density at radius 3 is 2.44 bits per heavy atom. The van der Waals surface area contributed by atoms with Gasteiger partial charge in [-0.1, -0.05) is 0 Å². The minimum Gasteiger partial charge on any atom is -0.497 e. The maximum atomic E-state index is 13.0. The Balaban J connectivity index is 1.86. The number of nitrogens with zero attached hydrogens (tertiary/aromatic N) is 2. The quantitative estimate of drug-likeness (QED) is 0.765. The van der Waals surface area contributed by atoms with Crippen LogP contribution in [0.1, 0.15) is 17.3 Å². The molecule has 1 heterocycles. The number of carbonyl (C=O) groups excluding carboxylic acids is 1. The summed E-state index contributed by atoms with van der Waals surface area (Å²) in [5, 5.41) is 2.78. The van der Waals surface area contributed by atoms with E-state index in [-0.39, 0.29) is 11.7 Å². The fourth-order valence-electron chi connectivity index (χ4n) is 2.56. The number of ether oxygens (including phenoxy) is 1. The van der Waals surface area contributed by atoms with E-state index in [1.807, 2.05) is 35.8 Å². The molecule has 0 saturated carbocycles. The van der Waals surface area contributed by atoms with Crippen LogP contribution in [-0.2, 0) is 6.54 Å². The average Bonchev–Trinajstić information content (AvgIpc) is 3.04. The van der Waals surface area contributed by atoms with E-state index >= 15 is 0 Å². The largest absolute Gasteiger partial charge is 0.497 e. The molecule has 0 atom stereocenters. The van der Waals surface area contributed by atoms with Gasteiger partial charge >= 0.3 is 0 Å². The van der Waals surface area contributed by atoms with Crippen molar-refractivity contribution in [3.05, 3.63) is 66.1 Å². The van der Waals surface area contributed by atoms with Gasteiger partial charge in [-0.25, -0.2) is 9.37 Å². The SMILES string of the molecule is CCn1c(-c2ccc(OC)cc2)cnc1NC(=O)c1ccc(F)cc1. The van der Waals surface area contributed by atoms with E-state index in [4.69, 9.17) is 4.74 Å². The number of hydrogen-bond donors (Lipinski definition) is 1. The Bertz CT molecular complexity index is 871. The molecule has 128 valence electrons. The standard InChI is InChI=1S/C19H18FN3O2/c1-3-23-17(13-6-10-16(25-2)11-7-13)12-21-19(23)22-18(24)14-4-8-15(20)9-5-14/h4-12H,3H2,1-2H3,(H,21,22,24). The molecule has 0 aliphatic carbocycles. The van der Waals surface area contributed by atoms with Crippen LogP contribution in [0.4, 0.5) is 10.3 Å². The van der Waals surface area contributed by atoms with Crippen molar-refractivity contribution in [2.75, 3.05) is 12.4 Å². The minimum absolute atomic E-state index is 0.332. The highest BCUT2D eigenvalue weighted by atomic mass is 19.1. The number of benzene rings is 2. The third-order valence-electron chi connectivity index (χ3n) is 3.89. The maximum absolute atomic E-state index is 13.0. The molecular formula is C19H18FN3O2. The molecule has 0 aliphatic rings. The summed E-state index contributed by atoms with van der Waals surface area (Å²) in [7, 11) is 1.62. The van der Waals surface area contributed by atoms with E-state index in [0.29, 0.717) is 18.1 Å². The van der Waals surface area contributed by atoms with Crippen molar-refractivity contribution >= 4 is 11.9 Å². The minimum atomic E-state index is -0.381. The van der Waals surface area contributed by atoms with Crippen LogP contribution in [0.15, 0.2) is 54.7 Å². The van der Waals surface area contributed by atoms with Gasteiger partial charge in [0.25, 0.3) is 5.91 Å². The predicted molar refractivity (Wildman–Crippen MR) is 94.2 cm³/mol. The molecular weight excluding hydrogens is 321 g/mol. The second-order valence-electron chi connectivity index (χ2n) is 5.40. The normalized spacial score (nSPS) is 10.5. The average molecular weight is 339 g/mol. The van der Waals surface area contributed by atoms with Crippen LogP contribution in [0.25, 0.3) is 11.3 Å². The number of carbonyl (C=O) groups is 1. The zero-order valence-electron chi connectivity index (χ0n) is 14.0. The lowest BCUT2D eigenvalue weighted by Crippen LogP contribution is -2.16. The summed E-state index contributed by atoms with van der Waals surface area (Å²) in [6, 6.07) is 13.0. The zero-order chi connectivity index (χ0) is 17.8. The Kier molecular flexibility index (Phi) is 4.79. The van der Waals surface area contributed by atoms with E-state index in [1.165, 1.54) is 24.3 Å². The third-order valence-corrected chi connectivity index (χ3v) is 3.89. The molecule has 3 aromatic rings. The highest BCUT2D eigenvalue weighted by Crippen LogP contribution is 2.25. The summed E-state index contributed by atoms with van der Waals surface area (Å²) in [4.78, 5) is 16.6. The van der Waals surface area contributed by atoms with Gasteiger partial charge in [0.15, 0.2) is 0 Å². The first kappa shape index (κ1) is 16.7. The number of methoxy groups -OCH3 is 1. The molecule has 0 bridgehead atoms. The van der Waals surface area contributed by atoms with Crippen LogP contribution >= 0.6 is 0 Å². The van der Waals surface area contributed by atoms with Gasteiger partial charge in [-0.15, -0.1) is 0 Å². The van der Waals surface area contributed by atoms with Crippen LogP contribution < -0.4 is 10.1 Å². The third kappa shape index (κ3) is 3.52. The smallest absolute Gasteiger partial charge is 0.257 e. The summed E-state index contributed by atoms with van der Waals surface area (Å²) < 4.78 is 20.1. The van der Waals surface area contributed by atoms with Crippen molar-refractivity contribution < 1.29 is 13.9 Å². The summed E-state index contributed by atoms with van der Waals surface area (Å²) in [6.45, 7) is 2.61. The number of aromatic nitrogens is 2. The van der Waals surface area contributed by atoms with Gasteiger partial charge in [-0.05, 0) is 55.5 Å². The molecule has 1 amide bonds. The molecule has 0 spiro atoms. The van der Waals surface area contributed by atoms with Crippen LogP contribution in [0.3, 0.4) is 0 Å². The molecule has 0 unspecified atom stereocenters. The summed E-state index contributed by atoms with van der Waals surface area (Å²) in [5.41, 5.74) is 2.23. The topological polar surface area (TPSA) is 56.1 Å². The van der Waals surface area contributed by atoms with Crippen LogP contribution in [0.5, 0.6) is 5.75 Å². The van der Waals surface area contributed by atoms with Crippen LogP contribution in [0.2, 0.25) is 0 Å². The van der Waals surface area contributed by atoms with Gasteiger partial charge in [0.1, 0.15) is 11.6 Å². The van der Waals surface area contributed by atoms with E-state index in [1.54, 1.807) is 13.3 Å². The maximum Gasteiger partial charge on any atom is 0.257 e. The molecule has 2 aromatic carbocycles. The van der Waals surface area contributed by atoms with Gasteiger partial charge in [0.2, 0.25) is 5.95 Å². The van der Waals surface area contributed by atoms with Gasteiger partial charge in [0.05, 0.1) is 19.0 Å². The first-order valence-electron chi connectivity index (χ1n) is 7.89. The number of hydrogen-bond acceptors (Lipinski definition) is 3. The summed E-state index contributed by atoms with van der Waals surface area (Å²) in [5.74, 6) is 0.508. The monoisotopic (exact) mass is 339 g/mol. The number of rotatable bonds is 5. The van der Waals surface area contributed by atoms with Gasteiger partial charge in [0, 0.05) is 17.7 Å². The predicted octanol–water partition coefficient (Wildman–Crippen LogP) is 3.97. The van der Waals surface area contributed by atoms with Gasteiger partial charge < -0.3 is 9.30 Å². The van der Waals surface area contributed by atoms with Gasteiger partial charge in [-0.2, -0.15) is 0 Å². The van der Waals surface area contributed by atoms with E-state index in [2.05, 4.69) is 10.3 Å². The number of anilines is 1. The molecule has 6 heteroatoms. The van der Waals surface area contributed by atoms with Crippen molar-refractivity contribution in [1.82, 2.24) is 9.55 Å². The second-order valence-corrected chi connectivity index (χ2v) is 5.40. The fourth-order valence-corrected chi connectivity index (χ4v) is 2.56. The summed E-state index contributed by atoms with van der Waals surface area (Å²) in [6.07, 6.45) is 1.71. The highest BCUT2D eigenvalue weighted by molar-refractivity contribution is 6.03. The van der Waals surface area contributed by atoms with Crippen molar-refractivity contribution in [3.63, 3.8) is 0 Å². The lowest BCUT2D eigenvalue weighted by atomic mass is 10.1. The Hall–Kier alpha value is -3.15. The highest BCUT2D eigenvalue weighted by Gasteiger charge is 2.14. The first-order chi connectivity index (χ1) is 12.1. The molecule has 25 heavy (non-hydrogen) atoms. The lowest BCUT2D eigenvalue weighted by Gasteiger charge is -2.11. The van der Waals surface area contributed by atoms with Crippen LogP contribution in [-0.4, -0.2) is 22.6 Å². The van der Waals surface area contributed by atoms with Crippen LogP contribution in [0, 0.1) is 5.82 Å². The molecule has 0 fully saturated rings. The van der Waals surface area contributed by atoms with E-state index < -0.39 is 0 Å². The van der Waals surface area contributed by atoms with Crippen molar-refractivity contribution in [2.45, 2.75) is 13.5 Å². The van der Waals surface area contributed by atoms with E-state index in [0.717, 1.165) is 17.0 Å². The first-order valence-corrected chi connectivity index (χ1v) is 7.89. The number of amides is 1. The van der Waals surface area contributed by atoms with Crippen molar-refractivity contribution in [3.8, 4) is 17.0 Å². The molecule has 0 saturated heterocycles. The van der Waals surface area contributed by atoms with Gasteiger partial charge in [-0.3, -0.25) is 10.1 Å².